The van der Waals surface area contributed by atoms with Crippen LogP contribution in [0.2, 0.25) is 0 Å². The van der Waals surface area contributed by atoms with E-state index in [1.807, 2.05) is 5.32 Å². The van der Waals surface area contributed by atoms with Gasteiger partial charge in [-0.3, -0.25) is 10.1 Å². The minimum absolute atomic E-state index is 0.312. The SMILES string of the molecule is COc1ccc(/C=C/C(=O)O[C@H](C(=O)NC(N)=O)C(C)C)cc1. The molecule has 0 aromatic heterocycles. The zero-order valence-electron chi connectivity index (χ0n) is 13.2. The lowest BCUT2D eigenvalue weighted by molar-refractivity contribution is -0.153. The van der Waals surface area contributed by atoms with Crippen molar-refractivity contribution in [2.24, 2.45) is 11.7 Å². The Kier molecular flexibility index (Phi) is 6.79. The molecule has 1 aromatic rings. The van der Waals surface area contributed by atoms with E-state index in [1.165, 1.54) is 6.08 Å². The number of esters is 1. The van der Waals surface area contributed by atoms with Gasteiger partial charge in [-0.25, -0.2) is 9.59 Å². The van der Waals surface area contributed by atoms with E-state index in [0.29, 0.717) is 5.75 Å². The number of carbonyl (C=O) groups is 3. The Morgan fingerprint density at radius 1 is 1.17 bits per heavy atom. The number of urea groups is 1. The summed E-state index contributed by atoms with van der Waals surface area (Å²) in [5.74, 6) is -1.06. The van der Waals surface area contributed by atoms with Crippen molar-refractivity contribution in [3.05, 3.63) is 35.9 Å². The maximum atomic E-state index is 11.8. The van der Waals surface area contributed by atoms with Gasteiger partial charge in [0.1, 0.15) is 5.75 Å². The molecule has 0 saturated heterocycles. The number of hydrogen-bond acceptors (Lipinski definition) is 5. The molecule has 124 valence electrons. The number of imide groups is 1. The van der Waals surface area contributed by atoms with Gasteiger partial charge in [-0.2, -0.15) is 0 Å². The molecular formula is C16H20N2O5. The highest BCUT2D eigenvalue weighted by molar-refractivity contribution is 5.97. The van der Waals surface area contributed by atoms with E-state index in [-0.39, 0.29) is 5.92 Å². The summed E-state index contributed by atoms with van der Waals surface area (Å²) in [5, 5.41) is 1.90. The Morgan fingerprint density at radius 2 is 1.78 bits per heavy atom. The number of carbonyl (C=O) groups excluding carboxylic acids is 3. The molecule has 0 fully saturated rings. The number of nitrogens with two attached hydrogens (primary N) is 1. The minimum Gasteiger partial charge on any atom is -0.497 e. The van der Waals surface area contributed by atoms with Crippen molar-refractivity contribution in [1.82, 2.24) is 5.32 Å². The van der Waals surface area contributed by atoms with E-state index in [1.54, 1.807) is 51.3 Å². The molecule has 0 spiro atoms. The van der Waals surface area contributed by atoms with Crippen molar-refractivity contribution < 1.29 is 23.9 Å². The van der Waals surface area contributed by atoms with Crippen LogP contribution in [0.25, 0.3) is 6.08 Å². The van der Waals surface area contributed by atoms with Crippen molar-refractivity contribution >= 4 is 24.0 Å². The molecule has 0 saturated carbocycles. The Morgan fingerprint density at radius 3 is 2.26 bits per heavy atom. The van der Waals surface area contributed by atoms with Crippen LogP contribution in [0.1, 0.15) is 19.4 Å². The molecule has 0 radical (unpaired) electrons. The first-order valence-corrected chi connectivity index (χ1v) is 6.96. The monoisotopic (exact) mass is 320 g/mol. The summed E-state index contributed by atoms with van der Waals surface area (Å²) in [6.45, 7) is 3.37. The summed E-state index contributed by atoms with van der Waals surface area (Å²) in [7, 11) is 1.56. The van der Waals surface area contributed by atoms with Gasteiger partial charge in [0, 0.05) is 6.08 Å². The molecule has 0 aliphatic rings. The Balaban J connectivity index is 2.69. The molecule has 0 aliphatic heterocycles. The highest BCUT2D eigenvalue weighted by atomic mass is 16.5. The molecule has 7 nitrogen and oxygen atoms in total. The minimum atomic E-state index is -1.10. The van der Waals surface area contributed by atoms with Crippen LogP contribution in [0.5, 0.6) is 5.75 Å². The van der Waals surface area contributed by atoms with Crippen LogP contribution in [0.4, 0.5) is 4.79 Å². The number of methoxy groups -OCH3 is 1. The molecule has 0 unspecified atom stereocenters. The predicted octanol–water partition coefficient (Wildman–Crippen LogP) is 1.47. The lowest BCUT2D eigenvalue weighted by Gasteiger charge is -2.18. The van der Waals surface area contributed by atoms with Gasteiger partial charge in [0.15, 0.2) is 6.10 Å². The molecule has 0 bridgehead atoms. The van der Waals surface area contributed by atoms with Gasteiger partial charge in [-0.05, 0) is 29.7 Å². The Labute approximate surface area is 134 Å². The van der Waals surface area contributed by atoms with E-state index in [2.05, 4.69) is 0 Å². The standard InChI is InChI=1S/C16H20N2O5/c1-10(2)14(15(20)18-16(17)21)23-13(19)9-6-11-4-7-12(22-3)8-5-11/h4-10,14H,1-3H3,(H3,17,18,20,21)/b9-6+/t14-/m0/s1. The third-order valence-corrected chi connectivity index (χ3v) is 2.88. The number of primary amides is 1. The summed E-state index contributed by atoms with van der Waals surface area (Å²) < 4.78 is 10.1. The summed E-state index contributed by atoms with van der Waals surface area (Å²) >= 11 is 0. The molecule has 3 N–H and O–H groups in total. The zero-order chi connectivity index (χ0) is 17.4. The van der Waals surface area contributed by atoms with Crippen LogP contribution >= 0.6 is 0 Å². The van der Waals surface area contributed by atoms with Crippen molar-refractivity contribution in [3.8, 4) is 5.75 Å². The van der Waals surface area contributed by atoms with Crippen LogP contribution < -0.4 is 15.8 Å². The van der Waals surface area contributed by atoms with E-state index in [0.717, 1.165) is 5.56 Å². The fraction of sp³-hybridized carbons (Fsp3) is 0.312. The van der Waals surface area contributed by atoms with Crippen LogP contribution in [0.3, 0.4) is 0 Å². The van der Waals surface area contributed by atoms with Crippen LogP contribution in [0, 0.1) is 5.92 Å². The fourth-order valence-corrected chi connectivity index (χ4v) is 1.73. The maximum absolute atomic E-state index is 11.8. The van der Waals surface area contributed by atoms with E-state index < -0.39 is 24.0 Å². The summed E-state index contributed by atoms with van der Waals surface area (Å²) in [4.78, 5) is 34.3. The number of ether oxygens (including phenoxy) is 2. The zero-order valence-corrected chi connectivity index (χ0v) is 13.2. The van der Waals surface area contributed by atoms with E-state index >= 15 is 0 Å². The van der Waals surface area contributed by atoms with Crippen molar-refractivity contribution in [1.29, 1.82) is 0 Å². The maximum Gasteiger partial charge on any atom is 0.331 e. The van der Waals surface area contributed by atoms with Gasteiger partial charge in [0.25, 0.3) is 5.91 Å². The van der Waals surface area contributed by atoms with Gasteiger partial charge in [-0.15, -0.1) is 0 Å². The molecule has 1 aromatic carbocycles. The summed E-state index contributed by atoms with van der Waals surface area (Å²) in [5.41, 5.74) is 5.65. The van der Waals surface area contributed by atoms with Crippen LogP contribution in [-0.2, 0) is 14.3 Å². The molecule has 0 aliphatic carbocycles. The van der Waals surface area contributed by atoms with Gasteiger partial charge in [-0.1, -0.05) is 26.0 Å². The number of benzene rings is 1. The third-order valence-electron chi connectivity index (χ3n) is 2.88. The molecule has 3 amide bonds. The molecule has 7 heteroatoms. The van der Waals surface area contributed by atoms with E-state index in [4.69, 9.17) is 15.2 Å². The first-order valence-electron chi connectivity index (χ1n) is 6.96. The van der Waals surface area contributed by atoms with E-state index in [9.17, 15) is 14.4 Å². The number of rotatable bonds is 6. The Hall–Kier alpha value is -2.83. The van der Waals surface area contributed by atoms with Crippen LogP contribution in [0.15, 0.2) is 30.3 Å². The summed E-state index contributed by atoms with van der Waals surface area (Å²) in [6.07, 6.45) is 1.65. The highest BCUT2D eigenvalue weighted by Gasteiger charge is 2.26. The molecule has 1 rings (SSSR count). The van der Waals surface area contributed by atoms with Crippen LogP contribution in [-0.4, -0.2) is 31.1 Å². The van der Waals surface area contributed by atoms with Crippen molar-refractivity contribution in [2.45, 2.75) is 20.0 Å². The number of amides is 3. The lowest BCUT2D eigenvalue weighted by atomic mass is 10.1. The van der Waals surface area contributed by atoms with Gasteiger partial charge < -0.3 is 15.2 Å². The summed E-state index contributed by atoms with van der Waals surface area (Å²) in [6, 6.07) is 6.04. The molecular weight excluding hydrogens is 300 g/mol. The topological polar surface area (TPSA) is 108 Å². The second-order valence-corrected chi connectivity index (χ2v) is 5.06. The smallest absolute Gasteiger partial charge is 0.331 e. The average Bonchev–Trinajstić information content (AvgIpc) is 2.50. The number of hydrogen-bond donors (Lipinski definition) is 2. The van der Waals surface area contributed by atoms with Crippen molar-refractivity contribution in [3.63, 3.8) is 0 Å². The third kappa shape index (κ3) is 6.21. The first kappa shape index (κ1) is 18.2. The largest absolute Gasteiger partial charge is 0.497 e. The Bertz CT molecular complexity index is 593. The second kappa shape index (κ2) is 8.57. The van der Waals surface area contributed by atoms with Gasteiger partial charge in [0.2, 0.25) is 0 Å². The highest BCUT2D eigenvalue weighted by Crippen LogP contribution is 2.13. The van der Waals surface area contributed by atoms with Gasteiger partial charge in [0.05, 0.1) is 7.11 Å². The normalized spacial score (nSPS) is 12.0. The second-order valence-electron chi connectivity index (χ2n) is 5.06. The first-order chi connectivity index (χ1) is 10.8. The molecule has 1 atom stereocenters. The predicted molar refractivity (Wildman–Crippen MR) is 84.5 cm³/mol. The number of nitrogens with one attached hydrogen (secondary N) is 1. The lowest BCUT2D eigenvalue weighted by Crippen LogP contribution is -2.45. The molecule has 23 heavy (non-hydrogen) atoms. The molecule has 0 heterocycles. The van der Waals surface area contributed by atoms with Gasteiger partial charge >= 0.3 is 12.0 Å². The average molecular weight is 320 g/mol. The fourth-order valence-electron chi connectivity index (χ4n) is 1.73. The van der Waals surface area contributed by atoms with Crippen molar-refractivity contribution in [2.75, 3.05) is 7.11 Å². The quantitative estimate of drug-likeness (QED) is 0.609.